The van der Waals surface area contributed by atoms with Gasteiger partial charge in [0, 0.05) is 7.05 Å². The highest BCUT2D eigenvalue weighted by atomic mass is 16.7. The van der Waals surface area contributed by atoms with Gasteiger partial charge >= 0.3 is 12.1 Å². The second-order valence-electron chi connectivity index (χ2n) is 2.91. The average molecular weight is 186 g/mol. The van der Waals surface area contributed by atoms with Crippen LogP contribution in [0.3, 0.4) is 0 Å². The van der Waals surface area contributed by atoms with Crippen LogP contribution >= 0.6 is 0 Å². The summed E-state index contributed by atoms with van der Waals surface area (Å²) in [5.41, 5.74) is 0. The molecule has 0 saturated carbocycles. The van der Waals surface area contributed by atoms with E-state index in [1.165, 1.54) is 12.0 Å². The summed E-state index contributed by atoms with van der Waals surface area (Å²) in [5.74, 6) is 0. The number of urea groups is 2. The van der Waals surface area contributed by atoms with Crippen LogP contribution in [0.5, 0.6) is 0 Å². The first-order valence-electron chi connectivity index (χ1n) is 3.82. The molecule has 72 valence electrons. The number of nitrogens with zero attached hydrogens (tertiary/aromatic N) is 2. The number of likely N-dealkylation sites (N-methyl/N-ethyl adjacent to an activating group) is 1. The average Bonchev–Trinajstić information content (AvgIpc) is 2.54. The monoisotopic (exact) mass is 186 g/mol. The Hall–Kier alpha value is -1.50. The number of carbonyl (C=O) groups excluding carboxylic acids is 2. The lowest BCUT2D eigenvalue weighted by atomic mass is 10.4. The van der Waals surface area contributed by atoms with Gasteiger partial charge in [0.25, 0.3) is 0 Å². The van der Waals surface area contributed by atoms with Crippen molar-refractivity contribution in [2.24, 2.45) is 0 Å². The van der Waals surface area contributed by atoms with Crippen LogP contribution in [0.4, 0.5) is 9.59 Å². The van der Waals surface area contributed by atoms with Crippen molar-refractivity contribution in [2.45, 2.75) is 12.3 Å². The number of nitrogens with one attached hydrogen (secondary N) is 2. The SMILES string of the molecule is CON1C(=O)N(C)C2NC(=O)NC21. The maximum atomic E-state index is 11.4. The van der Waals surface area contributed by atoms with Crippen LogP contribution in [0.25, 0.3) is 0 Å². The molecule has 2 fully saturated rings. The van der Waals surface area contributed by atoms with Gasteiger partial charge in [-0.3, -0.25) is 4.84 Å². The standard InChI is InChI=1S/C6H10N4O3/c1-9-3-4(8-5(11)7-3)10(13-2)6(9)12/h3-4H,1-2H3,(H2,7,8,11). The van der Waals surface area contributed by atoms with Crippen LogP contribution in [-0.2, 0) is 4.84 Å². The molecule has 0 aromatic heterocycles. The maximum absolute atomic E-state index is 11.4. The van der Waals surface area contributed by atoms with Crippen molar-refractivity contribution in [3.63, 3.8) is 0 Å². The topological polar surface area (TPSA) is 73.9 Å². The zero-order valence-corrected chi connectivity index (χ0v) is 7.27. The summed E-state index contributed by atoms with van der Waals surface area (Å²) in [6.07, 6.45) is -0.782. The zero-order valence-electron chi connectivity index (χ0n) is 7.27. The first-order valence-corrected chi connectivity index (χ1v) is 3.82. The van der Waals surface area contributed by atoms with Crippen molar-refractivity contribution in [3.8, 4) is 0 Å². The Balaban J connectivity index is 2.24. The fraction of sp³-hybridized carbons (Fsp3) is 0.667. The van der Waals surface area contributed by atoms with E-state index >= 15 is 0 Å². The van der Waals surface area contributed by atoms with Crippen molar-refractivity contribution in [1.82, 2.24) is 20.6 Å². The summed E-state index contributed by atoms with van der Waals surface area (Å²) < 4.78 is 0. The third kappa shape index (κ3) is 0.934. The summed E-state index contributed by atoms with van der Waals surface area (Å²) in [6.45, 7) is 0. The summed E-state index contributed by atoms with van der Waals surface area (Å²) in [5, 5.41) is 6.29. The van der Waals surface area contributed by atoms with Gasteiger partial charge in [-0.15, -0.1) is 0 Å². The minimum Gasteiger partial charge on any atom is -0.314 e. The Morgan fingerprint density at radius 1 is 1.31 bits per heavy atom. The number of rotatable bonds is 1. The number of fused-ring (bicyclic) bond motifs is 1. The van der Waals surface area contributed by atoms with E-state index in [4.69, 9.17) is 4.84 Å². The van der Waals surface area contributed by atoms with Crippen molar-refractivity contribution in [2.75, 3.05) is 14.2 Å². The normalized spacial score (nSPS) is 31.8. The Morgan fingerprint density at radius 2 is 1.92 bits per heavy atom. The molecule has 13 heavy (non-hydrogen) atoms. The maximum Gasteiger partial charge on any atom is 0.347 e. The minimum absolute atomic E-state index is 0.273. The Kier molecular flexibility index (Phi) is 1.56. The number of hydrogen-bond donors (Lipinski definition) is 2. The molecule has 4 amide bonds. The molecule has 0 radical (unpaired) electrons. The third-order valence-corrected chi connectivity index (χ3v) is 2.21. The van der Waals surface area contributed by atoms with E-state index in [-0.39, 0.29) is 18.2 Å². The van der Waals surface area contributed by atoms with Crippen LogP contribution in [-0.4, -0.2) is 48.5 Å². The highest BCUT2D eigenvalue weighted by molar-refractivity contribution is 5.84. The number of hydrogen-bond acceptors (Lipinski definition) is 3. The second-order valence-corrected chi connectivity index (χ2v) is 2.91. The lowest BCUT2D eigenvalue weighted by Crippen LogP contribution is -2.42. The van der Waals surface area contributed by atoms with Crippen molar-refractivity contribution >= 4 is 12.1 Å². The van der Waals surface area contributed by atoms with E-state index in [2.05, 4.69) is 10.6 Å². The summed E-state index contributed by atoms with van der Waals surface area (Å²) in [7, 11) is 2.99. The van der Waals surface area contributed by atoms with Gasteiger partial charge in [-0.1, -0.05) is 0 Å². The predicted molar refractivity (Wildman–Crippen MR) is 41.3 cm³/mol. The molecule has 2 aliphatic rings. The highest BCUT2D eigenvalue weighted by Gasteiger charge is 2.50. The molecular weight excluding hydrogens is 176 g/mol. The molecule has 2 atom stereocenters. The second kappa shape index (κ2) is 2.49. The van der Waals surface area contributed by atoms with Crippen LogP contribution in [0.1, 0.15) is 0 Å². The minimum atomic E-state index is -0.435. The number of hydroxylamine groups is 2. The first-order chi connectivity index (χ1) is 6.15. The molecule has 0 spiro atoms. The van der Waals surface area contributed by atoms with Crippen molar-refractivity contribution in [1.29, 1.82) is 0 Å². The smallest absolute Gasteiger partial charge is 0.314 e. The molecule has 0 aliphatic carbocycles. The predicted octanol–water partition coefficient (Wildman–Crippen LogP) is -1.12. The van der Waals surface area contributed by atoms with Gasteiger partial charge in [-0.05, 0) is 0 Å². The largest absolute Gasteiger partial charge is 0.347 e. The van der Waals surface area contributed by atoms with Crippen LogP contribution in [0.2, 0.25) is 0 Å². The van der Waals surface area contributed by atoms with Gasteiger partial charge in [-0.2, -0.15) is 5.06 Å². The summed E-state index contributed by atoms with van der Waals surface area (Å²) in [6, 6.07) is -0.568. The fourth-order valence-corrected chi connectivity index (χ4v) is 1.55. The molecule has 2 heterocycles. The molecule has 2 N–H and O–H groups in total. The molecule has 0 bridgehead atoms. The Labute approximate surface area is 74.6 Å². The molecule has 0 aromatic rings. The first kappa shape index (κ1) is 8.11. The zero-order chi connectivity index (χ0) is 9.59. The van der Waals surface area contributed by atoms with Crippen molar-refractivity contribution < 1.29 is 14.4 Å². The Bertz CT molecular complexity index is 269. The highest BCUT2D eigenvalue weighted by Crippen LogP contribution is 2.20. The molecule has 7 nitrogen and oxygen atoms in total. The molecule has 2 aliphatic heterocycles. The molecular formula is C6H10N4O3. The lowest BCUT2D eigenvalue weighted by molar-refractivity contribution is -0.105. The number of carbonyl (C=O) groups is 2. The van der Waals surface area contributed by atoms with E-state index < -0.39 is 6.17 Å². The molecule has 2 unspecified atom stereocenters. The van der Waals surface area contributed by atoms with Gasteiger partial charge in [0.05, 0.1) is 7.11 Å². The van der Waals surface area contributed by atoms with E-state index in [0.717, 1.165) is 5.06 Å². The third-order valence-electron chi connectivity index (χ3n) is 2.21. The van der Waals surface area contributed by atoms with Crippen LogP contribution < -0.4 is 10.6 Å². The van der Waals surface area contributed by atoms with E-state index in [0.29, 0.717) is 0 Å². The van der Waals surface area contributed by atoms with Gasteiger partial charge in [0.2, 0.25) is 0 Å². The van der Waals surface area contributed by atoms with Gasteiger partial charge in [0.15, 0.2) is 6.17 Å². The summed E-state index contributed by atoms with van der Waals surface area (Å²) >= 11 is 0. The molecule has 7 heteroatoms. The quantitative estimate of drug-likeness (QED) is 0.544. The number of amides is 4. The molecule has 0 aromatic carbocycles. The molecule has 2 rings (SSSR count). The van der Waals surface area contributed by atoms with Crippen molar-refractivity contribution in [3.05, 3.63) is 0 Å². The van der Waals surface area contributed by atoms with Gasteiger partial charge in [-0.25, -0.2) is 9.59 Å². The molecule has 2 saturated heterocycles. The van der Waals surface area contributed by atoms with Gasteiger partial charge < -0.3 is 15.5 Å². The Morgan fingerprint density at radius 3 is 2.54 bits per heavy atom. The van der Waals surface area contributed by atoms with E-state index in [1.807, 2.05) is 0 Å². The lowest BCUT2D eigenvalue weighted by Gasteiger charge is -2.17. The van der Waals surface area contributed by atoms with Gasteiger partial charge in [0.1, 0.15) is 6.17 Å². The van der Waals surface area contributed by atoms with E-state index in [9.17, 15) is 9.59 Å². The fourth-order valence-electron chi connectivity index (χ4n) is 1.55. The summed E-state index contributed by atoms with van der Waals surface area (Å²) in [4.78, 5) is 28.6. The van der Waals surface area contributed by atoms with E-state index in [1.54, 1.807) is 7.05 Å². The van der Waals surface area contributed by atoms with Crippen LogP contribution in [0, 0.1) is 0 Å². The van der Waals surface area contributed by atoms with Crippen LogP contribution in [0.15, 0.2) is 0 Å².